The molecule has 2 atom stereocenters. The van der Waals surface area contributed by atoms with E-state index < -0.39 is 0 Å². The van der Waals surface area contributed by atoms with Crippen LogP contribution in [0.1, 0.15) is 13.8 Å². The Bertz CT molecular complexity index is 486. The third-order valence-corrected chi connectivity index (χ3v) is 3.79. The van der Waals surface area contributed by atoms with Crippen LogP contribution in [-0.4, -0.2) is 37.7 Å². The molecule has 1 heterocycles. The van der Waals surface area contributed by atoms with E-state index in [1.165, 1.54) is 4.90 Å². The molecular weight excluding hydrogens is 299 g/mol. The van der Waals surface area contributed by atoms with E-state index in [1.807, 2.05) is 13.8 Å². The van der Waals surface area contributed by atoms with Crippen molar-refractivity contribution in [2.24, 2.45) is 0 Å². The number of anilines is 1. The SMILES string of the molecule is C[C@H]1C[NH+](CC(=O)Nc2cc(Cl)ccc2Cl)C[C@H](C)O1. The average Bonchev–Trinajstić information content (AvgIpc) is 2.32. The summed E-state index contributed by atoms with van der Waals surface area (Å²) < 4.78 is 5.66. The van der Waals surface area contributed by atoms with Crippen molar-refractivity contribution >= 4 is 34.8 Å². The van der Waals surface area contributed by atoms with Gasteiger partial charge in [-0.05, 0) is 32.0 Å². The van der Waals surface area contributed by atoms with Crippen molar-refractivity contribution in [3.63, 3.8) is 0 Å². The van der Waals surface area contributed by atoms with Crippen molar-refractivity contribution in [1.82, 2.24) is 0 Å². The molecule has 2 rings (SSSR count). The summed E-state index contributed by atoms with van der Waals surface area (Å²) in [4.78, 5) is 13.3. The van der Waals surface area contributed by atoms with E-state index in [0.29, 0.717) is 22.3 Å². The summed E-state index contributed by atoms with van der Waals surface area (Å²) in [6, 6.07) is 5.02. The van der Waals surface area contributed by atoms with E-state index in [9.17, 15) is 4.79 Å². The van der Waals surface area contributed by atoms with Gasteiger partial charge in [0.25, 0.3) is 5.91 Å². The first-order chi connectivity index (χ1) is 9.44. The fourth-order valence-corrected chi connectivity index (χ4v) is 2.89. The number of hydrogen-bond acceptors (Lipinski definition) is 2. The fourth-order valence-electron chi connectivity index (χ4n) is 2.55. The third kappa shape index (κ3) is 4.35. The molecule has 1 aromatic rings. The van der Waals surface area contributed by atoms with Crippen molar-refractivity contribution < 1.29 is 14.4 Å². The number of halogens is 2. The smallest absolute Gasteiger partial charge is 0.279 e. The third-order valence-electron chi connectivity index (χ3n) is 3.23. The van der Waals surface area contributed by atoms with Gasteiger partial charge in [-0.3, -0.25) is 4.79 Å². The topological polar surface area (TPSA) is 42.8 Å². The van der Waals surface area contributed by atoms with Gasteiger partial charge in [-0.25, -0.2) is 0 Å². The number of carbonyl (C=O) groups excluding carboxylic acids is 1. The predicted molar refractivity (Wildman–Crippen MR) is 80.7 cm³/mol. The van der Waals surface area contributed by atoms with Gasteiger partial charge in [-0.2, -0.15) is 0 Å². The Morgan fingerprint density at radius 2 is 2.00 bits per heavy atom. The summed E-state index contributed by atoms with van der Waals surface area (Å²) in [5.74, 6) is -0.0644. The number of benzene rings is 1. The van der Waals surface area contributed by atoms with Gasteiger partial charge in [0.1, 0.15) is 25.3 Å². The van der Waals surface area contributed by atoms with E-state index in [-0.39, 0.29) is 18.1 Å². The van der Waals surface area contributed by atoms with Crippen LogP contribution in [0.3, 0.4) is 0 Å². The molecule has 1 aliphatic heterocycles. The molecule has 0 bridgehead atoms. The minimum absolute atomic E-state index is 0.0644. The first-order valence-corrected chi connectivity index (χ1v) is 7.43. The second-order valence-electron chi connectivity index (χ2n) is 5.26. The normalized spacial score (nSPS) is 26.3. The maximum absolute atomic E-state index is 12.1. The fraction of sp³-hybridized carbons (Fsp3) is 0.500. The van der Waals surface area contributed by atoms with Gasteiger partial charge in [-0.15, -0.1) is 0 Å². The molecule has 2 N–H and O–H groups in total. The lowest BCUT2D eigenvalue weighted by molar-refractivity contribution is -0.907. The summed E-state index contributed by atoms with van der Waals surface area (Å²) in [6.07, 6.45) is 0.354. The summed E-state index contributed by atoms with van der Waals surface area (Å²) in [7, 11) is 0. The number of quaternary nitrogens is 1. The summed E-state index contributed by atoms with van der Waals surface area (Å²) >= 11 is 11.9. The zero-order valence-corrected chi connectivity index (χ0v) is 13.1. The van der Waals surface area contributed by atoms with Crippen LogP contribution in [0.15, 0.2) is 18.2 Å². The number of rotatable bonds is 3. The minimum Gasteiger partial charge on any atom is -0.364 e. The molecule has 6 heteroatoms. The first kappa shape index (κ1) is 15.6. The van der Waals surface area contributed by atoms with Crippen molar-refractivity contribution in [3.05, 3.63) is 28.2 Å². The Kier molecular flexibility index (Phi) is 5.27. The molecule has 110 valence electrons. The Hall–Kier alpha value is -0.810. The Labute approximate surface area is 129 Å². The molecule has 4 nitrogen and oxygen atoms in total. The maximum atomic E-state index is 12.1. The van der Waals surface area contributed by atoms with Crippen LogP contribution in [0.4, 0.5) is 5.69 Å². The molecule has 1 aromatic carbocycles. The predicted octanol–water partition coefficient (Wildman–Crippen LogP) is 1.62. The van der Waals surface area contributed by atoms with E-state index in [2.05, 4.69) is 5.32 Å². The molecule has 0 spiro atoms. The average molecular weight is 318 g/mol. The number of nitrogens with one attached hydrogen (secondary N) is 2. The number of amides is 1. The van der Waals surface area contributed by atoms with Crippen molar-refractivity contribution in [3.8, 4) is 0 Å². The molecule has 1 aliphatic rings. The maximum Gasteiger partial charge on any atom is 0.279 e. The van der Waals surface area contributed by atoms with Gasteiger partial charge < -0.3 is 15.0 Å². The molecule has 1 fully saturated rings. The summed E-state index contributed by atoms with van der Waals surface area (Å²) in [5, 5.41) is 3.85. The van der Waals surface area contributed by atoms with Crippen LogP contribution in [0, 0.1) is 0 Å². The molecule has 0 unspecified atom stereocenters. The van der Waals surface area contributed by atoms with Gasteiger partial charge in [0.05, 0.1) is 10.7 Å². The molecule has 0 aliphatic carbocycles. The monoisotopic (exact) mass is 317 g/mol. The zero-order chi connectivity index (χ0) is 14.7. The Morgan fingerprint density at radius 1 is 1.35 bits per heavy atom. The van der Waals surface area contributed by atoms with Gasteiger partial charge in [0, 0.05) is 5.02 Å². The molecule has 20 heavy (non-hydrogen) atoms. The highest BCUT2D eigenvalue weighted by Gasteiger charge is 2.27. The second-order valence-corrected chi connectivity index (χ2v) is 6.11. The van der Waals surface area contributed by atoms with Crippen LogP contribution in [-0.2, 0) is 9.53 Å². The van der Waals surface area contributed by atoms with Crippen LogP contribution in [0.25, 0.3) is 0 Å². The zero-order valence-electron chi connectivity index (χ0n) is 11.6. The lowest BCUT2D eigenvalue weighted by Gasteiger charge is -2.31. The largest absolute Gasteiger partial charge is 0.364 e. The highest BCUT2D eigenvalue weighted by Crippen LogP contribution is 2.25. The molecule has 1 saturated heterocycles. The van der Waals surface area contributed by atoms with Gasteiger partial charge in [-0.1, -0.05) is 23.2 Å². The van der Waals surface area contributed by atoms with E-state index in [1.54, 1.807) is 18.2 Å². The van der Waals surface area contributed by atoms with Gasteiger partial charge in [0.15, 0.2) is 6.54 Å². The number of carbonyl (C=O) groups is 1. The molecule has 0 aromatic heterocycles. The van der Waals surface area contributed by atoms with Crippen molar-refractivity contribution in [1.29, 1.82) is 0 Å². The van der Waals surface area contributed by atoms with E-state index in [0.717, 1.165) is 13.1 Å². The van der Waals surface area contributed by atoms with Crippen molar-refractivity contribution in [2.45, 2.75) is 26.1 Å². The number of morpholine rings is 1. The molecule has 0 saturated carbocycles. The minimum atomic E-state index is -0.0644. The van der Waals surface area contributed by atoms with Crippen LogP contribution >= 0.6 is 23.2 Å². The summed E-state index contributed by atoms with van der Waals surface area (Å²) in [6.45, 7) is 6.13. The van der Waals surface area contributed by atoms with Crippen molar-refractivity contribution in [2.75, 3.05) is 25.0 Å². The highest BCUT2D eigenvalue weighted by molar-refractivity contribution is 6.35. The van der Waals surface area contributed by atoms with Gasteiger partial charge in [0.2, 0.25) is 0 Å². The quantitative estimate of drug-likeness (QED) is 0.889. The Morgan fingerprint density at radius 3 is 2.65 bits per heavy atom. The van der Waals surface area contributed by atoms with Crippen LogP contribution in [0.2, 0.25) is 10.0 Å². The Balaban J connectivity index is 1.93. The van der Waals surface area contributed by atoms with E-state index >= 15 is 0 Å². The van der Waals surface area contributed by atoms with Gasteiger partial charge >= 0.3 is 0 Å². The molecule has 1 amide bonds. The second kappa shape index (κ2) is 6.76. The molecule has 0 radical (unpaired) electrons. The summed E-state index contributed by atoms with van der Waals surface area (Å²) in [5.41, 5.74) is 0.554. The van der Waals surface area contributed by atoms with Crippen LogP contribution in [0.5, 0.6) is 0 Å². The van der Waals surface area contributed by atoms with Crippen LogP contribution < -0.4 is 10.2 Å². The molecular formula is C14H19Cl2N2O2+. The lowest BCUT2D eigenvalue weighted by atomic mass is 10.2. The lowest BCUT2D eigenvalue weighted by Crippen LogP contribution is -3.16. The van der Waals surface area contributed by atoms with E-state index in [4.69, 9.17) is 27.9 Å². The highest BCUT2D eigenvalue weighted by atomic mass is 35.5. The number of ether oxygens (including phenoxy) is 1. The standard InChI is InChI=1S/C14H18Cl2N2O2/c1-9-6-18(7-10(2)20-9)8-14(19)17-13-5-11(15)3-4-12(13)16/h3-5,9-10H,6-8H2,1-2H3,(H,17,19)/p+1/t9-,10-/m0/s1. The first-order valence-electron chi connectivity index (χ1n) is 6.68. The number of hydrogen-bond donors (Lipinski definition) is 2.